The van der Waals surface area contributed by atoms with Gasteiger partial charge in [0.15, 0.2) is 0 Å². The van der Waals surface area contributed by atoms with Gasteiger partial charge in [0.05, 0.1) is 7.11 Å². The summed E-state index contributed by atoms with van der Waals surface area (Å²) in [6.07, 6.45) is 2.07. The third-order valence-corrected chi connectivity index (χ3v) is 2.92. The van der Waals surface area contributed by atoms with E-state index in [1.165, 1.54) is 11.1 Å². The van der Waals surface area contributed by atoms with E-state index in [1.807, 2.05) is 12.1 Å². The van der Waals surface area contributed by atoms with Gasteiger partial charge in [-0.05, 0) is 36.4 Å². The van der Waals surface area contributed by atoms with Crippen LogP contribution in [0.1, 0.15) is 17.2 Å². The van der Waals surface area contributed by atoms with Crippen molar-refractivity contribution in [2.45, 2.75) is 13.0 Å². The van der Waals surface area contributed by atoms with E-state index in [2.05, 4.69) is 19.2 Å². The second kappa shape index (κ2) is 5.27. The van der Waals surface area contributed by atoms with Crippen molar-refractivity contribution < 1.29 is 4.74 Å². The highest BCUT2D eigenvalue weighted by molar-refractivity contribution is 7.98. The van der Waals surface area contributed by atoms with Gasteiger partial charge in [-0.2, -0.15) is 11.8 Å². The summed E-state index contributed by atoms with van der Waals surface area (Å²) in [5.41, 5.74) is 8.44. The van der Waals surface area contributed by atoms with E-state index < -0.39 is 0 Å². The molecule has 0 aromatic heterocycles. The van der Waals surface area contributed by atoms with Crippen LogP contribution >= 0.6 is 11.8 Å². The van der Waals surface area contributed by atoms with E-state index in [9.17, 15) is 0 Å². The summed E-state index contributed by atoms with van der Waals surface area (Å²) in [6, 6.07) is 6.16. The Hall–Kier alpha value is -0.670. The zero-order valence-corrected chi connectivity index (χ0v) is 9.73. The van der Waals surface area contributed by atoms with Gasteiger partial charge in [0, 0.05) is 11.8 Å². The third-order valence-electron chi connectivity index (χ3n) is 2.22. The molecule has 0 aliphatic rings. The lowest BCUT2D eigenvalue weighted by Gasteiger charge is -2.14. The number of methoxy groups -OCH3 is 1. The smallest absolute Gasteiger partial charge is 0.119 e. The van der Waals surface area contributed by atoms with E-state index in [0.29, 0.717) is 0 Å². The average molecular weight is 211 g/mol. The first kappa shape index (κ1) is 11.4. The number of nitrogens with two attached hydrogens (primary N) is 1. The van der Waals surface area contributed by atoms with Crippen molar-refractivity contribution in [1.29, 1.82) is 0 Å². The van der Waals surface area contributed by atoms with Crippen molar-refractivity contribution in [3.63, 3.8) is 0 Å². The van der Waals surface area contributed by atoms with Gasteiger partial charge in [0.2, 0.25) is 0 Å². The van der Waals surface area contributed by atoms with E-state index >= 15 is 0 Å². The summed E-state index contributed by atoms with van der Waals surface area (Å²) >= 11 is 1.77. The summed E-state index contributed by atoms with van der Waals surface area (Å²) in [4.78, 5) is 0. The Morgan fingerprint density at radius 2 is 2.21 bits per heavy atom. The fourth-order valence-electron chi connectivity index (χ4n) is 1.46. The largest absolute Gasteiger partial charge is 0.497 e. The number of hydrogen-bond acceptors (Lipinski definition) is 3. The lowest BCUT2D eigenvalue weighted by molar-refractivity contribution is 0.414. The minimum atomic E-state index is 0.121. The number of rotatable bonds is 4. The molecule has 0 heterocycles. The Kier molecular flexibility index (Phi) is 4.29. The van der Waals surface area contributed by atoms with Gasteiger partial charge in [0.1, 0.15) is 5.75 Å². The van der Waals surface area contributed by atoms with Crippen molar-refractivity contribution in [1.82, 2.24) is 0 Å². The molecule has 0 bridgehead atoms. The van der Waals surface area contributed by atoms with Gasteiger partial charge in [-0.25, -0.2) is 0 Å². The lowest BCUT2D eigenvalue weighted by Crippen LogP contribution is -2.14. The summed E-state index contributed by atoms with van der Waals surface area (Å²) in [5.74, 6) is 1.84. The fraction of sp³-hybridized carbons (Fsp3) is 0.455. The third kappa shape index (κ3) is 2.66. The number of hydrogen-bond donors (Lipinski definition) is 1. The van der Waals surface area contributed by atoms with Crippen LogP contribution in [0.2, 0.25) is 0 Å². The summed E-state index contributed by atoms with van der Waals surface area (Å²) < 4.78 is 5.14. The maximum Gasteiger partial charge on any atom is 0.119 e. The maximum absolute atomic E-state index is 6.04. The predicted molar refractivity (Wildman–Crippen MR) is 63.0 cm³/mol. The molecule has 0 aliphatic heterocycles. The van der Waals surface area contributed by atoms with Gasteiger partial charge in [-0.3, -0.25) is 0 Å². The molecule has 0 fully saturated rings. The van der Waals surface area contributed by atoms with Gasteiger partial charge in [-0.15, -0.1) is 0 Å². The highest BCUT2D eigenvalue weighted by Crippen LogP contribution is 2.22. The van der Waals surface area contributed by atoms with Gasteiger partial charge >= 0.3 is 0 Å². The normalized spacial score (nSPS) is 12.6. The molecular weight excluding hydrogens is 194 g/mol. The predicted octanol–water partition coefficient (Wildman–Crippen LogP) is 2.37. The minimum Gasteiger partial charge on any atom is -0.497 e. The van der Waals surface area contributed by atoms with E-state index in [-0.39, 0.29) is 6.04 Å². The molecule has 0 aliphatic carbocycles. The van der Waals surface area contributed by atoms with E-state index in [1.54, 1.807) is 18.9 Å². The van der Waals surface area contributed by atoms with Crippen molar-refractivity contribution in [2.75, 3.05) is 19.1 Å². The molecule has 1 atom stereocenters. The van der Waals surface area contributed by atoms with Crippen molar-refractivity contribution in [2.24, 2.45) is 5.73 Å². The van der Waals surface area contributed by atoms with Crippen LogP contribution in [-0.4, -0.2) is 19.1 Å². The first-order valence-electron chi connectivity index (χ1n) is 4.58. The molecule has 1 unspecified atom stereocenters. The standard InChI is InChI=1S/C11H17NOS/c1-8-6-9(13-2)4-5-10(8)11(12)7-14-3/h4-6,11H,7,12H2,1-3H3. The first-order valence-corrected chi connectivity index (χ1v) is 5.97. The number of benzene rings is 1. The Morgan fingerprint density at radius 1 is 1.50 bits per heavy atom. The number of ether oxygens (including phenoxy) is 1. The molecule has 2 N–H and O–H groups in total. The molecular formula is C11H17NOS. The lowest BCUT2D eigenvalue weighted by atomic mass is 10.0. The van der Waals surface area contributed by atoms with Crippen LogP contribution in [0.15, 0.2) is 18.2 Å². The van der Waals surface area contributed by atoms with Crippen LogP contribution in [0.3, 0.4) is 0 Å². The molecule has 2 nitrogen and oxygen atoms in total. The molecule has 0 saturated heterocycles. The van der Waals surface area contributed by atoms with E-state index in [0.717, 1.165) is 11.5 Å². The van der Waals surface area contributed by atoms with Crippen LogP contribution in [0, 0.1) is 6.92 Å². The van der Waals surface area contributed by atoms with Crippen LogP contribution < -0.4 is 10.5 Å². The van der Waals surface area contributed by atoms with Crippen LogP contribution in [0.4, 0.5) is 0 Å². The van der Waals surface area contributed by atoms with Crippen LogP contribution in [0.25, 0.3) is 0 Å². The SMILES string of the molecule is COc1ccc(C(N)CSC)c(C)c1. The zero-order chi connectivity index (χ0) is 10.6. The van der Waals surface area contributed by atoms with Crippen molar-refractivity contribution >= 4 is 11.8 Å². The quantitative estimate of drug-likeness (QED) is 0.830. The van der Waals surface area contributed by atoms with Gasteiger partial charge in [0.25, 0.3) is 0 Å². The Bertz CT molecular complexity index is 301. The molecule has 14 heavy (non-hydrogen) atoms. The average Bonchev–Trinajstić information content (AvgIpc) is 2.17. The summed E-state index contributed by atoms with van der Waals surface area (Å²) in [6.45, 7) is 2.07. The Balaban J connectivity index is 2.88. The fourth-order valence-corrected chi connectivity index (χ4v) is 2.00. The molecule has 1 aromatic rings. The molecule has 0 saturated carbocycles. The Labute approximate surface area is 89.8 Å². The Morgan fingerprint density at radius 3 is 2.71 bits per heavy atom. The van der Waals surface area contributed by atoms with Gasteiger partial charge in [-0.1, -0.05) is 6.07 Å². The number of thioether (sulfide) groups is 1. The topological polar surface area (TPSA) is 35.2 Å². The molecule has 0 spiro atoms. The minimum absolute atomic E-state index is 0.121. The van der Waals surface area contributed by atoms with Crippen LogP contribution in [0.5, 0.6) is 5.75 Å². The summed E-state index contributed by atoms with van der Waals surface area (Å²) in [5, 5.41) is 0. The maximum atomic E-state index is 6.04. The molecule has 0 amide bonds. The van der Waals surface area contributed by atoms with Gasteiger partial charge < -0.3 is 10.5 Å². The van der Waals surface area contributed by atoms with Crippen molar-refractivity contribution in [3.8, 4) is 5.75 Å². The zero-order valence-electron chi connectivity index (χ0n) is 8.91. The second-order valence-corrected chi connectivity index (χ2v) is 4.20. The first-order chi connectivity index (χ1) is 6.69. The highest BCUT2D eigenvalue weighted by atomic mass is 32.2. The second-order valence-electron chi connectivity index (χ2n) is 3.28. The molecule has 1 aromatic carbocycles. The van der Waals surface area contributed by atoms with Crippen LogP contribution in [-0.2, 0) is 0 Å². The summed E-state index contributed by atoms with van der Waals surface area (Å²) in [7, 11) is 1.68. The number of aryl methyl sites for hydroxylation is 1. The molecule has 0 radical (unpaired) electrons. The van der Waals surface area contributed by atoms with Crippen molar-refractivity contribution in [3.05, 3.63) is 29.3 Å². The highest BCUT2D eigenvalue weighted by Gasteiger charge is 2.08. The molecule has 1 rings (SSSR count). The molecule has 78 valence electrons. The molecule has 3 heteroatoms. The van der Waals surface area contributed by atoms with E-state index in [4.69, 9.17) is 10.5 Å². The monoisotopic (exact) mass is 211 g/mol.